The van der Waals surface area contributed by atoms with Crippen LogP contribution in [0.15, 0.2) is 0 Å². The van der Waals surface area contributed by atoms with Crippen molar-refractivity contribution in [3.63, 3.8) is 0 Å². The first-order valence-electron chi connectivity index (χ1n) is 20.8. The van der Waals surface area contributed by atoms with Crippen LogP contribution < -0.4 is 21.3 Å². The minimum atomic E-state index is -0.0255. The van der Waals surface area contributed by atoms with E-state index in [1.165, 1.54) is 90.1 Å². The Balaban J connectivity index is -0.0000000609. The summed E-state index contributed by atoms with van der Waals surface area (Å²) in [7, 11) is 0. The molecule has 0 aromatic rings. The van der Waals surface area contributed by atoms with E-state index in [1.54, 1.807) is 0 Å². The Bertz CT molecular complexity index is 325. The number of hydrogen-bond acceptors (Lipinski definition) is 3. The molecule has 4 fully saturated rings. The monoisotopic (exact) mass is 665 g/mol. The molecule has 3 saturated heterocycles. The number of urea groups is 1. The molecule has 0 radical (unpaired) electrons. The van der Waals surface area contributed by atoms with Crippen molar-refractivity contribution in [3.8, 4) is 0 Å². The lowest BCUT2D eigenvalue weighted by Gasteiger charge is -1.96. The first-order valence-corrected chi connectivity index (χ1v) is 20.8. The van der Waals surface area contributed by atoms with E-state index >= 15 is 0 Å². The Morgan fingerprint density at radius 1 is 0.304 bits per heavy atom. The van der Waals surface area contributed by atoms with Crippen molar-refractivity contribution in [2.45, 2.75) is 220 Å². The van der Waals surface area contributed by atoms with Gasteiger partial charge in [0, 0.05) is 26.1 Å². The maximum absolute atomic E-state index is 10.6. The lowest BCUT2D eigenvalue weighted by Crippen LogP contribution is -2.32. The van der Waals surface area contributed by atoms with Crippen LogP contribution in [0.4, 0.5) is 4.79 Å². The van der Waals surface area contributed by atoms with Gasteiger partial charge in [0.25, 0.3) is 0 Å². The van der Waals surface area contributed by atoms with Crippen LogP contribution in [0.25, 0.3) is 0 Å². The molecule has 1 saturated carbocycles. The topological polar surface area (TPSA) is 82.3 Å². The molecule has 4 N–H and O–H groups in total. The molecule has 4 aliphatic rings. The van der Waals surface area contributed by atoms with E-state index in [0.29, 0.717) is 0 Å². The number of nitrogens with one attached hydrogen (secondary N) is 4. The highest BCUT2D eigenvalue weighted by Gasteiger charge is 2.03. The third kappa shape index (κ3) is 78.8. The molecule has 46 heavy (non-hydrogen) atoms. The van der Waals surface area contributed by atoms with Gasteiger partial charge in [-0.2, -0.15) is 0 Å². The van der Waals surface area contributed by atoms with E-state index in [0.717, 1.165) is 51.7 Å². The van der Waals surface area contributed by atoms with Gasteiger partial charge < -0.3 is 21.3 Å². The SMILES string of the molecule is C1CCCCCC1.C1CCCNCC1.CC.CC.CC.CC.CC.CC.CC.CC.O=C1CCCCCN1.O=C1NCCCCN1. The molecule has 3 amide bonds. The van der Waals surface area contributed by atoms with E-state index in [1.807, 2.05) is 111 Å². The summed E-state index contributed by atoms with van der Waals surface area (Å²) < 4.78 is 0. The van der Waals surface area contributed by atoms with Crippen molar-refractivity contribution in [3.05, 3.63) is 0 Å². The summed E-state index contributed by atoms with van der Waals surface area (Å²) in [6, 6.07) is -0.0255. The molecule has 0 aromatic carbocycles. The Kier molecular flexibility index (Phi) is 116. The highest BCUT2D eigenvalue weighted by Crippen LogP contribution is 2.15. The summed E-state index contributed by atoms with van der Waals surface area (Å²) in [6.07, 6.45) is 22.5. The third-order valence-corrected chi connectivity index (χ3v) is 5.78. The van der Waals surface area contributed by atoms with Gasteiger partial charge >= 0.3 is 6.03 Å². The predicted octanol–water partition coefficient (Wildman–Crippen LogP) is 12.8. The molecule has 4 rings (SSSR count). The Morgan fingerprint density at radius 3 is 0.891 bits per heavy atom. The van der Waals surface area contributed by atoms with Crippen LogP contribution in [-0.2, 0) is 4.79 Å². The largest absolute Gasteiger partial charge is 0.356 e. The lowest BCUT2D eigenvalue weighted by atomic mass is 10.2. The smallest absolute Gasteiger partial charge is 0.314 e. The highest BCUT2D eigenvalue weighted by molar-refractivity contribution is 5.76. The molecule has 6 heteroatoms. The second kappa shape index (κ2) is 84.5. The van der Waals surface area contributed by atoms with Crippen molar-refractivity contribution in [1.82, 2.24) is 21.3 Å². The van der Waals surface area contributed by atoms with Crippen molar-refractivity contribution in [1.29, 1.82) is 0 Å². The maximum Gasteiger partial charge on any atom is 0.314 e. The molecule has 0 unspecified atom stereocenters. The molecule has 0 atom stereocenters. The summed E-state index contributed by atoms with van der Waals surface area (Å²) in [5, 5.41) is 11.5. The fourth-order valence-electron chi connectivity index (χ4n) is 3.84. The molecular formula is C40H96N4O2. The van der Waals surface area contributed by atoms with Crippen molar-refractivity contribution in [2.75, 3.05) is 32.7 Å². The molecular weight excluding hydrogens is 568 g/mol. The van der Waals surface area contributed by atoms with E-state index in [9.17, 15) is 9.59 Å². The molecule has 0 spiro atoms. The van der Waals surface area contributed by atoms with Crippen LogP contribution in [0.5, 0.6) is 0 Å². The zero-order valence-electron chi connectivity index (χ0n) is 35.4. The summed E-state index contributed by atoms with van der Waals surface area (Å²) in [4.78, 5) is 21.0. The van der Waals surface area contributed by atoms with E-state index in [2.05, 4.69) is 21.3 Å². The zero-order chi connectivity index (χ0) is 37.5. The van der Waals surface area contributed by atoms with Crippen LogP contribution in [0.1, 0.15) is 220 Å². The second-order valence-electron chi connectivity index (χ2n) is 8.69. The molecule has 0 aromatic heterocycles. The molecule has 1 aliphatic carbocycles. The van der Waals surface area contributed by atoms with Crippen LogP contribution in [0, 0.1) is 0 Å². The van der Waals surface area contributed by atoms with E-state index < -0.39 is 0 Å². The summed E-state index contributed by atoms with van der Waals surface area (Å²) in [6.45, 7) is 37.0. The summed E-state index contributed by atoms with van der Waals surface area (Å²) in [5.41, 5.74) is 0. The van der Waals surface area contributed by atoms with Gasteiger partial charge in [0.1, 0.15) is 0 Å². The molecule has 0 bridgehead atoms. The van der Waals surface area contributed by atoms with Gasteiger partial charge in [-0.1, -0.05) is 175 Å². The third-order valence-electron chi connectivity index (χ3n) is 5.78. The number of hydrogen-bond donors (Lipinski definition) is 4. The number of carbonyl (C=O) groups excluding carboxylic acids is 2. The van der Waals surface area contributed by atoms with E-state index in [4.69, 9.17) is 0 Å². The average Bonchev–Trinajstić information content (AvgIpc) is 3.81. The molecule has 3 heterocycles. The number of carbonyl (C=O) groups is 2. The van der Waals surface area contributed by atoms with Crippen molar-refractivity contribution in [2.24, 2.45) is 0 Å². The normalized spacial score (nSPS) is 15.7. The quantitative estimate of drug-likeness (QED) is 0.194. The van der Waals surface area contributed by atoms with Crippen LogP contribution in [0.3, 0.4) is 0 Å². The van der Waals surface area contributed by atoms with Crippen LogP contribution >= 0.6 is 0 Å². The summed E-state index contributed by atoms with van der Waals surface area (Å²) in [5.74, 6) is 0.225. The second-order valence-corrected chi connectivity index (χ2v) is 8.69. The van der Waals surface area contributed by atoms with Gasteiger partial charge in [0.15, 0.2) is 0 Å². The summed E-state index contributed by atoms with van der Waals surface area (Å²) >= 11 is 0. The number of amides is 3. The Morgan fingerprint density at radius 2 is 0.543 bits per heavy atom. The number of rotatable bonds is 0. The van der Waals surface area contributed by atoms with Crippen LogP contribution in [-0.4, -0.2) is 44.7 Å². The minimum Gasteiger partial charge on any atom is -0.356 e. The predicted molar refractivity (Wildman–Crippen MR) is 217 cm³/mol. The molecule has 3 aliphatic heterocycles. The van der Waals surface area contributed by atoms with Gasteiger partial charge in [0.2, 0.25) is 5.91 Å². The highest BCUT2D eigenvalue weighted by atomic mass is 16.2. The lowest BCUT2D eigenvalue weighted by molar-refractivity contribution is -0.120. The van der Waals surface area contributed by atoms with Gasteiger partial charge in [-0.25, -0.2) is 4.79 Å². The van der Waals surface area contributed by atoms with Gasteiger partial charge in [0.05, 0.1) is 0 Å². The van der Waals surface area contributed by atoms with Crippen molar-refractivity contribution >= 4 is 11.9 Å². The van der Waals surface area contributed by atoms with Crippen LogP contribution in [0.2, 0.25) is 0 Å². The van der Waals surface area contributed by atoms with Crippen molar-refractivity contribution < 1.29 is 9.59 Å². The van der Waals surface area contributed by atoms with Gasteiger partial charge in [-0.05, 0) is 51.6 Å². The fourth-order valence-corrected chi connectivity index (χ4v) is 3.84. The van der Waals surface area contributed by atoms with Gasteiger partial charge in [-0.15, -0.1) is 0 Å². The molecule has 288 valence electrons. The minimum absolute atomic E-state index is 0.0255. The van der Waals surface area contributed by atoms with Gasteiger partial charge in [-0.3, -0.25) is 4.79 Å². The molecule has 6 nitrogen and oxygen atoms in total. The fraction of sp³-hybridized carbons (Fsp3) is 0.950. The first-order chi connectivity index (χ1) is 22.8. The Hall–Kier alpha value is -1.30. The Labute approximate surface area is 295 Å². The zero-order valence-corrected chi connectivity index (χ0v) is 35.4. The van der Waals surface area contributed by atoms with E-state index in [-0.39, 0.29) is 11.9 Å². The average molecular weight is 665 g/mol. The first kappa shape index (κ1) is 63.4. The maximum atomic E-state index is 10.6. The standard InChI is InChI=1S/C7H14.C6H11NO.C6H13N.C5H10N2O.8C2H6/c1-2-4-6-7-5-3-1;8-6-4-2-1-3-5-7-6;1-2-4-6-7-5-3-1;8-5-6-3-1-2-4-7-5;8*1-2/h1-7H2;1-5H2,(H,7,8);7H,1-6H2;1-4H2,(H2,6,7,8);8*1-2H3.